The van der Waals surface area contributed by atoms with Crippen LogP contribution in [0.5, 0.6) is 11.5 Å². The van der Waals surface area contributed by atoms with Gasteiger partial charge in [-0.1, -0.05) is 34.1 Å². The van der Waals surface area contributed by atoms with Crippen molar-refractivity contribution in [2.45, 2.75) is 13.8 Å². The zero-order valence-corrected chi connectivity index (χ0v) is 20.1. The number of benzene rings is 3. The van der Waals surface area contributed by atoms with E-state index in [0.717, 1.165) is 5.56 Å². The second kappa shape index (κ2) is 11.8. The van der Waals surface area contributed by atoms with Gasteiger partial charge in [-0.05, 0) is 67.9 Å². The predicted molar refractivity (Wildman–Crippen MR) is 132 cm³/mol. The molecule has 0 heterocycles. The Kier molecular flexibility index (Phi) is 8.53. The number of halogens is 1. The summed E-state index contributed by atoms with van der Waals surface area (Å²) in [6.07, 6.45) is 1.28. The molecule has 0 aliphatic carbocycles. The highest BCUT2D eigenvalue weighted by Crippen LogP contribution is 2.23. The third kappa shape index (κ3) is 6.76. The second-order valence-electron chi connectivity index (χ2n) is 7.00. The molecule has 174 valence electrons. The van der Waals surface area contributed by atoms with Gasteiger partial charge in [-0.3, -0.25) is 9.59 Å². The normalized spacial score (nSPS) is 10.6. The van der Waals surface area contributed by atoms with Gasteiger partial charge in [0.25, 0.3) is 0 Å². The molecule has 3 rings (SSSR count). The summed E-state index contributed by atoms with van der Waals surface area (Å²) in [5.41, 5.74) is 4.27. The molecule has 0 unspecified atom stereocenters. The van der Waals surface area contributed by atoms with Crippen LogP contribution >= 0.6 is 15.9 Å². The SMILES string of the molecule is CCOc1ccc(C(=O)Oc2ccc(Br)cc2/C=N\NC(=O)C(=O)Nc2ccccc2C)cc1. The van der Waals surface area contributed by atoms with Crippen molar-refractivity contribution in [2.24, 2.45) is 5.10 Å². The number of hydrogen-bond donors (Lipinski definition) is 2. The van der Waals surface area contributed by atoms with Crippen LogP contribution in [0.4, 0.5) is 5.69 Å². The largest absolute Gasteiger partial charge is 0.494 e. The van der Waals surface area contributed by atoms with E-state index < -0.39 is 17.8 Å². The Hall–Kier alpha value is -3.98. The molecule has 0 aromatic heterocycles. The number of anilines is 1. The van der Waals surface area contributed by atoms with Crippen LogP contribution in [-0.2, 0) is 9.59 Å². The molecule has 0 bridgehead atoms. The van der Waals surface area contributed by atoms with E-state index in [0.29, 0.717) is 33.6 Å². The van der Waals surface area contributed by atoms with Crippen molar-refractivity contribution in [1.82, 2.24) is 5.43 Å². The van der Waals surface area contributed by atoms with E-state index in [-0.39, 0.29) is 5.75 Å². The van der Waals surface area contributed by atoms with Gasteiger partial charge in [-0.15, -0.1) is 0 Å². The highest BCUT2D eigenvalue weighted by molar-refractivity contribution is 9.10. The summed E-state index contributed by atoms with van der Waals surface area (Å²) < 4.78 is 11.6. The fourth-order valence-electron chi connectivity index (χ4n) is 2.83. The third-order valence-electron chi connectivity index (χ3n) is 4.54. The fraction of sp³-hybridized carbons (Fsp3) is 0.120. The monoisotopic (exact) mass is 523 g/mol. The van der Waals surface area contributed by atoms with E-state index in [4.69, 9.17) is 9.47 Å². The van der Waals surface area contributed by atoms with Gasteiger partial charge in [-0.2, -0.15) is 5.10 Å². The van der Waals surface area contributed by atoms with E-state index in [1.54, 1.807) is 54.6 Å². The van der Waals surface area contributed by atoms with E-state index in [1.165, 1.54) is 6.21 Å². The smallest absolute Gasteiger partial charge is 0.343 e. The van der Waals surface area contributed by atoms with Gasteiger partial charge in [0.05, 0.1) is 18.4 Å². The van der Waals surface area contributed by atoms with Crippen molar-refractivity contribution >= 4 is 45.6 Å². The minimum Gasteiger partial charge on any atom is -0.494 e. The van der Waals surface area contributed by atoms with Gasteiger partial charge >= 0.3 is 17.8 Å². The molecule has 0 saturated heterocycles. The molecule has 0 aliphatic rings. The Morgan fingerprint density at radius 3 is 2.44 bits per heavy atom. The summed E-state index contributed by atoms with van der Waals surface area (Å²) in [4.78, 5) is 36.8. The quantitative estimate of drug-likeness (QED) is 0.156. The first-order chi connectivity index (χ1) is 16.4. The van der Waals surface area contributed by atoms with Crippen molar-refractivity contribution in [3.05, 3.63) is 87.9 Å². The highest BCUT2D eigenvalue weighted by atomic mass is 79.9. The number of para-hydroxylation sites is 1. The van der Waals surface area contributed by atoms with Crippen LogP contribution in [0.1, 0.15) is 28.4 Å². The molecule has 3 aromatic rings. The summed E-state index contributed by atoms with van der Waals surface area (Å²) in [5, 5.41) is 6.35. The molecule has 0 saturated carbocycles. The second-order valence-corrected chi connectivity index (χ2v) is 7.91. The Balaban J connectivity index is 1.66. The maximum atomic E-state index is 12.6. The minimum atomic E-state index is -0.942. The van der Waals surface area contributed by atoms with Gasteiger partial charge < -0.3 is 14.8 Å². The molecule has 9 heteroatoms. The number of nitrogens with zero attached hydrogens (tertiary/aromatic N) is 1. The number of carbonyl (C=O) groups excluding carboxylic acids is 3. The first-order valence-corrected chi connectivity index (χ1v) is 11.1. The number of aryl methyl sites for hydroxylation is 1. The maximum absolute atomic E-state index is 12.6. The minimum absolute atomic E-state index is 0.226. The van der Waals surface area contributed by atoms with Gasteiger partial charge in [0.1, 0.15) is 11.5 Å². The Bertz CT molecular complexity index is 1230. The van der Waals surface area contributed by atoms with E-state index in [9.17, 15) is 14.4 Å². The molecule has 2 amide bonds. The number of rotatable bonds is 7. The molecule has 0 spiro atoms. The lowest BCUT2D eigenvalue weighted by molar-refractivity contribution is -0.136. The molecule has 34 heavy (non-hydrogen) atoms. The Labute approximate surface area is 205 Å². The molecule has 0 aliphatic heterocycles. The lowest BCUT2D eigenvalue weighted by Gasteiger charge is -2.09. The standard InChI is InChI=1S/C25H22BrN3O5/c1-3-33-20-11-8-17(9-12-20)25(32)34-22-13-10-19(26)14-18(22)15-27-29-24(31)23(30)28-21-7-5-4-6-16(21)2/h4-15H,3H2,1-2H3,(H,28,30)(H,29,31)/b27-15-. The molecular formula is C25H22BrN3O5. The summed E-state index contributed by atoms with van der Waals surface area (Å²) in [6, 6.07) is 18.6. The van der Waals surface area contributed by atoms with Crippen LogP contribution < -0.4 is 20.2 Å². The van der Waals surface area contributed by atoms with Crippen molar-refractivity contribution in [2.75, 3.05) is 11.9 Å². The zero-order valence-electron chi connectivity index (χ0n) is 18.5. The zero-order chi connectivity index (χ0) is 24.5. The highest BCUT2D eigenvalue weighted by Gasteiger charge is 2.15. The number of esters is 1. The number of hydrazone groups is 1. The average molecular weight is 524 g/mol. The number of carbonyl (C=O) groups is 3. The lowest BCUT2D eigenvalue weighted by atomic mass is 10.2. The predicted octanol–water partition coefficient (Wildman–Crippen LogP) is 4.46. The number of ether oxygens (including phenoxy) is 2. The van der Waals surface area contributed by atoms with E-state index in [2.05, 4.69) is 31.8 Å². The number of hydrogen-bond acceptors (Lipinski definition) is 6. The maximum Gasteiger partial charge on any atom is 0.343 e. The molecule has 2 N–H and O–H groups in total. The molecule has 0 fully saturated rings. The molecular weight excluding hydrogens is 502 g/mol. The molecule has 3 aromatic carbocycles. The average Bonchev–Trinajstić information content (AvgIpc) is 2.82. The molecule has 0 atom stereocenters. The first-order valence-electron chi connectivity index (χ1n) is 10.3. The lowest BCUT2D eigenvalue weighted by Crippen LogP contribution is -2.32. The van der Waals surface area contributed by atoms with Crippen molar-refractivity contribution < 1.29 is 23.9 Å². The summed E-state index contributed by atoms with van der Waals surface area (Å²) >= 11 is 3.35. The topological polar surface area (TPSA) is 106 Å². The van der Waals surface area contributed by atoms with Crippen molar-refractivity contribution in [1.29, 1.82) is 0 Å². The van der Waals surface area contributed by atoms with Crippen molar-refractivity contribution in [3.8, 4) is 11.5 Å². The van der Waals surface area contributed by atoms with Gasteiger partial charge in [0, 0.05) is 15.7 Å². The van der Waals surface area contributed by atoms with Crippen LogP contribution in [0.15, 0.2) is 76.3 Å². The first kappa shape index (κ1) is 24.7. The van der Waals surface area contributed by atoms with Crippen molar-refractivity contribution in [3.63, 3.8) is 0 Å². The van der Waals surface area contributed by atoms with E-state index >= 15 is 0 Å². The van der Waals surface area contributed by atoms with Crippen LogP contribution in [0, 0.1) is 6.92 Å². The van der Waals surface area contributed by atoms with Gasteiger partial charge in [0.15, 0.2) is 0 Å². The summed E-state index contributed by atoms with van der Waals surface area (Å²) in [6.45, 7) is 4.21. The van der Waals surface area contributed by atoms with Crippen LogP contribution in [0.25, 0.3) is 0 Å². The third-order valence-corrected chi connectivity index (χ3v) is 5.04. The number of amides is 2. The summed E-state index contributed by atoms with van der Waals surface area (Å²) in [5.74, 6) is -1.49. The fourth-order valence-corrected chi connectivity index (χ4v) is 3.21. The van der Waals surface area contributed by atoms with Crippen LogP contribution in [0.3, 0.4) is 0 Å². The molecule has 8 nitrogen and oxygen atoms in total. The Morgan fingerprint density at radius 1 is 1.00 bits per heavy atom. The molecule has 0 radical (unpaired) electrons. The number of nitrogens with one attached hydrogen (secondary N) is 2. The van der Waals surface area contributed by atoms with E-state index in [1.807, 2.05) is 26.0 Å². The van der Waals surface area contributed by atoms with Gasteiger partial charge in [-0.25, -0.2) is 10.2 Å². The summed E-state index contributed by atoms with van der Waals surface area (Å²) in [7, 11) is 0. The van der Waals surface area contributed by atoms with Gasteiger partial charge in [0.2, 0.25) is 0 Å². The van der Waals surface area contributed by atoms with Crippen LogP contribution in [-0.4, -0.2) is 30.6 Å². The Morgan fingerprint density at radius 2 is 1.74 bits per heavy atom. The van der Waals surface area contributed by atoms with Crippen LogP contribution in [0.2, 0.25) is 0 Å².